The number of aromatic nitrogens is 2. The van der Waals surface area contributed by atoms with Crippen molar-refractivity contribution < 1.29 is 27.1 Å². The molecule has 0 bridgehead atoms. The molecular weight excluding hydrogens is 496 g/mol. The molecule has 0 unspecified atom stereocenters. The van der Waals surface area contributed by atoms with E-state index in [1.165, 1.54) is 42.8 Å². The highest BCUT2D eigenvalue weighted by molar-refractivity contribution is 7.92. The lowest BCUT2D eigenvalue weighted by atomic mass is 10.0. The van der Waals surface area contributed by atoms with Crippen molar-refractivity contribution in [2.75, 3.05) is 30.4 Å². The molecule has 3 aromatic carbocycles. The van der Waals surface area contributed by atoms with Gasteiger partial charge in [0.25, 0.3) is 21.8 Å². The summed E-state index contributed by atoms with van der Waals surface area (Å²) >= 11 is 0. The Morgan fingerprint density at radius 1 is 0.973 bits per heavy atom. The van der Waals surface area contributed by atoms with Crippen LogP contribution in [0.1, 0.15) is 22.3 Å². The molecule has 0 saturated carbocycles. The van der Waals surface area contributed by atoms with Crippen LogP contribution < -0.4 is 19.1 Å². The Hall–Kier alpha value is -4.38. The Kier molecular flexibility index (Phi) is 6.53. The molecule has 0 saturated heterocycles. The van der Waals surface area contributed by atoms with E-state index in [9.17, 15) is 13.2 Å². The van der Waals surface area contributed by atoms with Crippen LogP contribution in [0.15, 0.2) is 76.0 Å². The SMILES string of the molecule is COc1cccc(-c2nnc(NC(=O)c3ccc(S(=O)(=O)N4CCCc5ccccc54)cc3)o2)c1OC. The van der Waals surface area contributed by atoms with E-state index in [1.54, 1.807) is 18.2 Å². The van der Waals surface area contributed by atoms with Crippen LogP contribution in [0.5, 0.6) is 11.5 Å². The Bertz CT molecular complexity index is 1550. The number of nitrogens with zero attached hydrogens (tertiary/aromatic N) is 3. The Morgan fingerprint density at radius 2 is 1.76 bits per heavy atom. The topological polar surface area (TPSA) is 124 Å². The number of methoxy groups -OCH3 is 2. The number of sulfonamides is 1. The molecule has 0 spiro atoms. The smallest absolute Gasteiger partial charge is 0.322 e. The molecule has 1 aromatic heterocycles. The number of carbonyl (C=O) groups excluding carboxylic acids is 1. The van der Waals surface area contributed by atoms with Crippen molar-refractivity contribution in [1.29, 1.82) is 0 Å². The van der Waals surface area contributed by atoms with Crippen LogP contribution in [-0.4, -0.2) is 45.3 Å². The summed E-state index contributed by atoms with van der Waals surface area (Å²) in [6.07, 6.45) is 1.58. The average Bonchev–Trinajstić information content (AvgIpc) is 3.40. The Labute approximate surface area is 213 Å². The van der Waals surface area contributed by atoms with Gasteiger partial charge in [0, 0.05) is 12.1 Å². The zero-order valence-electron chi connectivity index (χ0n) is 20.2. The molecule has 5 rings (SSSR count). The van der Waals surface area contributed by atoms with Gasteiger partial charge in [0.1, 0.15) is 0 Å². The predicted octanol–water partition coefficient (Wildman–Crippen LogP) is 4.15. The molecule has 37 heavy (non-hydrogen) atoms. The van der Waals surface area contributed by atoms with E-state index in [-0.39, 0.29) is 22.4 Å². The van der Waals surface area contributed by atoms with Crippen LogP contribution >= 0.6 is 0 Å². The van der Waals surface area contributed by atoms with Gasteiger partial charge in [-0.2, -0.15) is 0 Å². The summed E-state index contributed by atoms with van der Waals surface area (Å²) in [5.74, 6) is 0.515. The standard InChI is InChI=1S/C26H24N4O6S/c1-34-22-11-5-9-20(23(22)35-2)25-28-29-26(36-25)27-24(31)18-12-14-19(15-13-18)37(32,33)30-16-6-8-17-7-3-4-10-21(17)30/h3-5,7,9-15H,6,8,16H2,1-2H3,(H,27,29,31). The van der Waals surface area contributed by atoms with E-state index in [4.69, 9.17) is 13.9 Å². The minimum atomic E-state index is -3.78. The maximum atomic E-state index is 13.3. The summed E-state index contributed by atoms with van der Waals surface area (Å²) < 4.78 is 44.4. The van der Waals surface area contributed by atoms with E-state index >= 15 is 0 Å². The first-order chi connectivity index (χ1) is 17.9. The number of hydrogen-bond donors (Lipinski definition) is 1. The summed E-state index contributed by atoms with van der Waals surface area (Å²) in [5, 5.41) is 10.4. The summed E-state index contributed by atoms with van der Waals surface area (Å²) in [6, 6.07) is 18.3. The number of aryl methyl sites for hydroxylation is 1. The molecule has 1 aliphatic heterocycles. The number of para-hydroxylation sites is 2. The van der Waals surface area contributed by atoms with Crippen molar-refractivity contribution >= 4 is 27.6 Å². The molecule has 0 fully saturated rings. The summed E-state index contributed by atoms with van der Waals surface area (Å²) in [5.41, 5.74) is 2.43. The average molecular weight is 521 g/mol. The van der Waals surface area contributed by atoms with Gasteiger partial charge in [-0.3, -0.25) is 14.4 Å². The Morgan fingerprint density at radius 3 is 2.51 bits per heavy atom. The maximum Gasteiger partial charge on any atom is 0.322 e. The van der Waals surface area contributed by atoms with Crippen molar-refractivity contribution in [3.63, 3.8) is 0 Å². The van der Waals surface area contributed by atoms with E-state index < -0.39 is 15.9 Å². The minimum absolute atomic E-state index is 0.103. The molecule has 0 aliphatic carbocycles. The van der Waals surface area contributed by atoms with E-state index in [1.807, 2.05) is 24.3 Å². The largest absolute Gasteiger partial charge is 0.493 e. The summed E-state index contributed by atoms with van der Waals surface area (Å²) in [7, 11) is -0.767. The number of benzene rings is 3. The highest BCUT2D eigenvalue weighted by Gasteiger charge is 2.29. The van der Waals surface area contributed by atoms with Gasteiger partial charge in [-0.05, 0) is 60.9 Å². The second-order valence-electron chi connectivity index (χ2n) is 8.24. The molecule has 10 nitrogen and oxygen atoms in total. The third-order valence-electron chi connectivity index (χ3n) is 6.05. The predicted molar refractivity (Wildman–Crippen MR) is 137 cm³/mol. The first-order valence-corrected chi connectivity index (χ1v) is 12.9. The third-order valence-corrected chi connectivity index (χ3v) is 7.88. The normalized spacial score (nSPS) is 13.1. The van der Waals surface area contributed by atoms with E-state index in [2.05, 4.69) is 15.5 Å². The van der Waals surface area contributed by atoms with Crippen LogP contribution in [-0.2, 0) is 16.4 Å². The fourth-order valence-electron chi connectivity index (χ4n) is 4.26. The molecule has 4 aromatic rings. The van der Waals surface area contributed by atoms with E-state index in [0.29, 0.717) is 29.3 Å². The highest BCUT2D eigenvalue weighted by atomic mass is 32.2. The molecule has 1 aliphatic rings. The lowest BCUT2D eigenvalue weighted by Gasteiger charge is -2.30. The van der Waals surface area contributed by atoms with Gasteiger partial charge in [0.2, 0.25) is 0 Å². The van der Waals surface area contributed by atoms with Gasteiger partial charge in [0.15, 0.2) is 11.5 Å². The van der Waals surface area contributed by atoms with Crippen LogP contribution in [0.2, 0.25) is 0 Å². The molecule has 0 atom stereocenters. The quantitative estimate of drug-likeness (QED) is 0.386. The van der Waals surface area contributed by atoms with Crippen molar-refractivity contribution in [1.82, 2.24) is 10.2 Å². The lowest BCUT2D eigenvalue weighted by molar-refractivity contribution is 0.102. The third kappa shape index (κ3) is 4.60. The van der Waals surface area contributed by atoms with Crippen molar-refractivity contribution in [3.05, 3.63) is 77.9 Å². The zero-order chi connectivity index (χ0) is 26.0. The second-order valence-corrected chi connectivity index (χ2v) is 10.1. The maximum absolute atomic E-state index is 13.3. The first kappa shape index (κ1) is 24.3. The minimum Gasteiger partial charge on any atom is -0.493 e. The number of nitrogens with one attached hydrogen (secondary N) is 1. The number of ether oxygens (including phenoxy) is 2. The van der Waals surface area contributed by atoms with Gasteiger partial charge in [0.05, 0.1) is 30.4 Å². The fraction of sp³-hybridized carbons (Fsp3) is 0.192. The number of anilines is 2. The van der Waals surface area contributed by atoms with Crippen LogP contribution in [0.3, 0.4) is 0 Å². The van der Waals surface area contributed by atoms with Crippen molar-refractivity contribution in [3.8, 4) is 23.0 Å². The molecule has 0 radical (unpaired) electrons. The zero-order valence-corrected chi connectivity index (χ0v) is 21.0. The molecule has 1 amide bonds. The number of fused-ring (bicyclic) bond motifs is 1. The lowest BCUT2D eigenvalue weighted by Crippen LogP contribution is -2.35. The molecule has 11 heteroatoms. The van der Waals surface area contributed by atoms with Gasteiger partial charge in [-0.25, -0.2) is 8.42 Å². The van der Waals surface area contributed by atoms with Crippen LogP contribution in [0.4, 0.5) is 11.7 Å². The summed E-state index contributed by atoms with van der Waals surface area (Å²) in [4.78, 5) is 12.9. The summed E-state index contributed by atoms with van der Waals surface area (Å²) in [6.45, 7) is 0.402. The number of amides is 1. The van der Waals surface area contributed by atoms with Gasteiger partial charge in [-0.1, -0.05) is 29.4 Å². The monoisotopic (exact) mass is 520 g/mol. The highest BCUT2D eigenvalue weighted by Crippen LogP contribution is 2.37. The Balaban J connectivity index is 1.33. The van der Waals surface area contributed by atoms with Crippen molar-refractivity contribution in [2.24, 2.45) is 0 Å². The number of carbonyl (C=O) groups is 1. The van der Waals surface area contributed by atoms with Gasteiger partial charge in [-0.15, -0.1) is 5.10 Å². The molecule has 190 valence electrons. The fourth-order valence-corrected chi connectivity index (χ4v) is 5.80. The number of rotatable bonds is 7. The molecule has 1 N–H and O–H groups in total. The molecular formula is C26H24N4O6S. The molecule has 2 heterocycles. The second kappa shape index (κ2) is 9.94. The van der Waals surface area contributed by atoms with E-state index in [0.717, 1.165) is 18.4 Å². The first-order valence-electron chi connectivity index (χ1n) is 11.5. The van der Waals surface area contributed by atoms with Gasteiger partial charge >= 0.3 is 6.01 Å². The van der Waals surface area contributed by atoms with Crippen molar-refractivity contribution in [2.45, 2.75) is 17.7 Å². The van der Waals surface area contributed by atoms with Gasteiger partial charge < -0.3 is 13.9 Å². The van der Waals surface area contributed by atoms with Crippen LogP contribution in [0.25, 0.3) is 11.5 Å². The number of hydrogen-bond acceptors (Lipinski definition) is 8. The van der Waals surface area contributed by atoms with Crippen LogP contribution in [0, 0.1) is 0 Å².